The SMILES string of the molecule is CN(C)c1ccc(Cl)cc1NC(=O)CC1CCCCC1N. The summed E-state index contributed by atoms with van der Waals surface area (Å²) in [5.41, 5.74) is 7.81. The number of nitrogens with zero attached hydrogens (tertiary/aromatic N) is 1. The summed E-state index contributed by atoms with van der Waals surface area (Å²) >= 11 is 6.03. The Kier molecular flexibility index (Phi) is 5.48. The molecule has 4 nitrogen and oxygen atoms in total. The topological polar surface area (TPSA) is 58.4 Å². The van der Waals surface area contributed by atoms with Gasteiger partial charge >= 0.3 is 0 Å². The molecule has 0 aliphatic heterocycles. The number of benzene rings is 1. The molecule has 2 atom stereocenters. The molecule has 3 N–H and O–H groups in total. The zero-order valence-electron chi connectivity index (χ0n) is 12.7. The number of nitrogens with one attached hydrogen (secondary N) is 1. The van der Waals surface area contributed by atoms with Crippen LogP contribution in [0.5, 0.6) is 0 Å². The quantitative estimate of drug-likeness (QED) is 0.897. The first-order valence-corrected chi connectivity index (χ1v) is 7.87. The second-order valence-corrected chi connectivity index (χ2v) is 6.45. The van der Waals surface area contributed by atoms with Crippen molar-refractivity contribution in [1.82, 2.24) is 0 Å². The zero-order valence-corrected chi connectivity index (χ0v) is 13.5. The molecule has 2 rings (SSSR count). The number of hydrogen-bond acceptors (Lipinski definition) is 3. The summed E-state index contributed by atoms with van der Waals surface area (Å²) in [6.07, 6.45) is 4.91. The summed E-state index contributed by atoms with van der Waals surface area (Å²) < 4.78 is 0. The van der Waals surface area contributed by atoms with Crippen LogP contribution in [0.25, 0.3) is 0 Å². The lowest BCUT2D eigenvalue weighted by Crippen LogP contribution is -2.35. The molecule has 1 aromatic rings. The van der Waals surface area contributed by atoms with E-state index in [0.29, 0.717) is 17.4 Å². The summed E-state index contributed by atoms with van der Waals surface area (Å²) in [4.78, 5) is 14.2. The van der Waals surface area contributed by atoms with Crippen molar-refractivity contribution in [1.29, 1.82) is 0 Å². The van der Waals surface area contributed by atoms with Gasteiger partial charge in [0.25, 0.3) is 0 Å². The second-order valence-electron chi connectivity index (χ2n) is 6.02. The predicted molar refractivity (Wildman–Crippen MR) is 89.0 cm³/mol. The Bertz CT molecular complexity index is 504. The molecule has 1 amide bonds. The largest absolute Gasteiger partial charge is 0.376 e. The fraction of sp³-hybridized carbons (Fsp3) is 0.562. The van der Waals surface area contributed by atoms with Crippen molar-refractivity contribution in [2.45, 2.75) is 38.1 Å². The lowest BCUT2D eigenvalue weighted by molar-refractivity contribution is -0.117. The standard InChI is InChI=1S/C16H24ClN3O/c1-20(2)15-8-7-12(17)10-14(15)19-16(21)9-11-5-3-4-6-13(11)18/h7-8,10-11,13H,3-6,9,18H2,1-2H3,(H,19,21). The van der Waals surface area contributed by atoms with Crippen LogP contribution in [-0.2, 0) is 4.79 Å². The van der Waals surface area contributed by atoms with Gasteiger partial charge in [-0.1, -0.05) is 24.4 Å². The van der Waals surface area contributed by atoms with Gasteiger partial charge in [-0.05, 0) is 37.0 Å². The summed E-state index contributed by atoms with van der Waals surface area (Å²) in [6.45, 7) is 0. The first kappa shape index (κ1) is 16.1. The molecule has 1 aliphatic carbocycles. The average molecular weight is 310 g/mol. The maximum Gasteiger partial charge on any atom is 0.224 e. The van der Waals surface area contributed by atoms with E-state index < -0.39 is 0 Å². The van der Waals surface area contributed by atoms with E-state index in [9.17, 15) is 4.79 Å². The van der Waals surface area contributed by atoms with Gasteiger partial charge in [0.15, 0.2) is 0 Å². The molecule has 1 fully saturated rings. The molecule has 21 heavy (non-hydrogen) atoms. The lowest BCUT2D eigenvalue weighted by atomic mass is 9.83. The molecule has 1 saturated carbocycles. The summed E-state index contributed by atoms with van der Waals surface area (Å²) in [6, 6.07) is 5.67. The van der Waals surface area contributed by atoms with Crippen LogP contribution < -0.4 is 16.0 Å². The Morgan fingerprint density at radius 1 is 1.38 bits per heavy atom. The van der Waals surface area contributed by atoms with Crippen LogP contribution in [0.1, 0.15) is 32.1 Å². The van der Waals surface area contributed by atoms with Crippen molar-refractivity contribution >= 4 is 28.9 Å². The minimum Gasteiger partial charge on any atom is -0.376 e. The van der Waals surface area contributed by atoms with Crippen molar-refractivity contribution in [2.24, 2.45) is 11.7 Å². The molecular formula is C16H24ClN3O. The number of halogens is 1. The fourth-order valence-corrected chi connectivity index (χ4v) is 3.10. The molecule has 0 spiro atoms. The van der Waals surface area contributed by atoms with Crippen LogP contribution in [0.4, 0.5) is 11.4 Å². The minimum atomic E-state index is 0.0164. The van der Waals surface area contributed by atoms with E-state index in [4.69, 9.17) is 17.3 Å². The van der Waals surface area contributed by atoms with Crippen LogP contribution in [0.15, 0.2) is 18.2 Å². The van der Waals surface area contributed by atoms with Crippen LogP contribution >= 0.6 is 11.6 Å². The maximum absolute atomic E-state index is 12.3. The van der Waals surface area contributed by atoms with Gasteiger partial charge in [-0.2, -0.15) is 0 Å². The second kappa shape index (κ2) is 7.14. The molecule has 1 aromatic carbocycles. The van der Waals surface area contributed by atoms with Crippen molar-refractivity contribution in [3.05, 3.63) is 23.2 Å². The summed E-state index contributed by atoms with van der Waals surface area (Å²) in [5.74, 6) is 0.309. The molecule has 1 aliphatic rings. The van der Waals surface area contributed by atoms with Crippen molar-refractivity contribution < 1.29 is 4.79 Å². The van der Waals surface area contributed by atoms with E-state index in [0.717, 1.165) is 24.2 Å². The number of amides is 1. The van der Waals surface area contributed by atoms with Crippen LogP contribution in [0.2, 0.25) is 5.02 Å². The zero-order chi connectivity index (χ0) is 15.4. The highest BCUT2D eigenvalue weighted by Gasteiger charge is 2.24. The third-order valence-corrected chi connectivity index (χ3v) is 4.37. The smallest absolute Gasteiger partial charge is 0.224 e. The molecular weight excluding hydrogens is 286 g/mol. The van der Waals surface area contributed by atoms with Crippen molar-refractivity contribution in [3.8, 4) is 0 Å². The number of anilines is 2. The molecule has 0 radical (unpaired) electrons. The van der Waals surface area contributed by atoms with Gasteiger partial charge in [-0.15, -0.1) is 0 Å². The van der Waals surface area contributed by atoms with E-state index in [-0.39, 0.29) is 11.9 Å². The van der Waals surface area contributed by atoms with Gasteiger partial charge in [0, 0.05) is 31.6 Å². The van der Waals surface area contributed by atoms with Crippen molar-refractivity contribution in [3.63, 3.8) is 0 Å². The molecule has 0 bridgehead atoms. The highest BCUT2D eigenvalue weighted by Crippen LogP contribution is 2.30. The van der Waals surface area contributed by atoms with Crippen LogP contribution in [0.3, 0.4) is 0 Å². The highest BCUT2D eigenvalue weighted by molar-refractivity contribution is 6.31. The van der Waals surface area contributed by atoms with Gasteiger partial charge in [0.1, 0.15) is 0 Å². The highest BCUT2D eigenvalue weighted by atomic mass is 35.5. The number of hydrogen-bond donors (Lipinski definition) is 2. The fourth-order valence-electron chi connectivity index (χ4n) is 2.93. The summed E-state index contributed by atoms with van der Waals surface area (Å²) in [7, 11) is 3.88. The molecule has 0 heterocycles. The van der Waals surface area contributed by atoms with E-state index in [1.165, 1.54) is 12.8 Å². The minimum absolute atomic E-state index is 0.0164. The molecule has 116 valence electrons. The summed E-state index contributed by atoms with van der Waals surface area (Å²) in [5, 5.41) is 3.60. The molecule has 0 saturated heterocycles. The van der Waals surface area contributed by atoms with Gasteiger partial charge in [0.05, 0.1) is 11.4 Å². The van der Waals surface area contributed by atoms with Gasteiger partial charge in [-0.3, -0.25) is 4.79 Å². The number of rotatable bonds is 4. The monoisotopic (exact) mass is 309 g/mol. The maximum atomic E-state index is 12.3. The third-order valence-electron chi connectivity index (χ3n) is 4.13. The Balaban J connectivity index is 2.03. The number of nitrogens with two attached hydrogens (primary N) is 1. The van der Waals surface area contributed by atoms with Gasteiger partial charge < -0.3 is 16.0 Å². The predicted octanol–water partition coefficient (Wildman–Crippen LogP) is 3.25. The Morgan fingerprint density at radius 2 is 2.10 bits per heavy atom. The third kappa shape index (κ3) is 4.35. The van der Waals surface area contributed by atoms with E-state index >= 15 is 0 Å². The number of carbonyl (C=O) groups is 1. The van der Waals surface area contributed by atoms with Gasteiger partial charge in [-0.25, -0.2) is 0 Å². The number of carbonyl (C=O) groups excluding carboxylic acids is 1. The normalized spacial score (nSPS) is 21.9. The Hall–Kier alpha value is -1.26. The molecule has 5 heteroatoms. The first-order valence-electron chi connectivity index (χ1n) is 7.49. The Labute approximate surface area is 131 Å². The lowest BCUT2D eigenvalue weighted by Gasteiger charge is -2.28. The molecule has 0 aromatic heterocycles. The van der Waals surface area contributed by atoms with Crippen LogP contribution in [0, 0.1) is 5.92 Å². The average Bonchev–Trinajstić information content (AvgIpc) is 2.41. The van der Waals surface area contributed by atoms with E-state index in [1.807, 2.05) is 31.1 Å². The van der Waals surface area contributed by atoms with Gasteiger partial charge in [0.2, 0.25) is 5.91 Å². The van der Waals surface area contributed by atoms with E-state index in [1.54, 1.807) is 6.07 Å². The van der Waals surface area contributed by atoms with E-state index in [2.05, 4.69) is 5.32 Å². The van der Waals surface area contributed by atoms with Crippen molar-refractivity contribution in [2.75, 3.05) is 24.3 Å². The Morgan fingerprint density at radius 3 is 2.76 bits per heavy atom. The van der Waals surface area contributed by atoms with Crippen LogP contribution in [-0.4, -0.2) is 26.0 Å². The first-order chi connectivity index (χ1) is 9.97. The molecule has 2 unspecified atom stereocenters.